The summed E-state index contributed by atoms with van der Waals surface area (Å²) in [4.78, 5) is 2.60. The van der Waals surface area contributed by atoms with E-state index < -0.39 is 0 Å². The van der Waals surface area contributed by atoms with Gasteiger partial charge in [-0.15, -0.1) is 0 Å². The normalized spacial score (nSPS) is 18.0. The SMILES string of the molecule is CCCNCc1ccccc1N1CCC(CC)(CC)CC1. The second-order valence-electron chi connectivity index (χ2n) is 6.50. The Morgan fingerprint density at radius 1 is 1.05 bits per heavy atom. The highest BCUT2D eigenvalue weighted by molar-refractivity contribution is 5.54. The van der Waals surface area contributed by atoms with Crippen LogP contribution in [0.1, 0.15) is 58.4 Å². The van der Waals surface area contributed by atoms with E-state index in [0.29, 0.717) is 5.41 Å². The standard InChI is InChI=1S/C19H32N2/c1-4-13-20-16-17-9-7-8-10-18(17)21-14-11-19(5-2,6-3)12-15-21/h7-10,20H,4-6,11-16H2,1-3H3. The molecule has 1 N–H and O–H groups in total. The second-order valence-corrected chi connectivity index (χ2v) is 6.50. The molecule has 2 nitrogen and oxygen atoms in total. The fraction of sp³-hybridized carbons (Fsp3) is 0.684. The lowest BCUT2D eigenvalue weighted by molar-refractivity contribution is 0.199. The number of benzene rings is 1. The molecule has 2 rings (SSSR count). The summed E-state index contributed by atoms with van der Waals surface area (Å²) in [5.74, 6) is 0. The molecule has 0 radical (unpaired) electrons. The molecule has 1 aromatic rings. The van der Waals surface area contributed by atoms with Crippen LogP contribution >= 0.6 is 0 Å². The van der Waals surface area contributed by atoms with Crippen LogP contribution in [0.15, 0.2) is 24.3 Å². The van der Waals surface area contributed by atoms with E-state index in [1.807, 2.05) is 0 Å². The summed E-state index contributed by atoms with van der Waals surface area (Å²) in [7, 11) is 0. The average Bonchev–Trinajstić information content (AvgIpc) is 2.56. The molecule has 1 aliphatic heterocycles. The van der Waals surface area contributed by atoms with Crippen LogP contribution in [0.5, 0.6) is 0 Å². The van der Waals surface area contributed by atoms with E-state index in [9.17, 15) is 0 Å². The Morgan fingerprint density at radius 3 is 2.33 bits per heavy atom. The Labute approximate surface area is 130 Å². The zero-order valence-electron chi connectivity index (χ0n) is 14.1. The molecule has 1 heterocycles. The molecular weight excluding hydrogens is 256 g/mol. The van der Waals surface area contributed by atoms with Crippen LogP contribution in [0.4, 0.5) is 5.69 Å². The fourth-order valence-corrected chi connectivity index (χ4v) is 3.55. The van der Waals surface area contributed by atoms with Crippen molar-refractivity contribution in [1.29, 1.82) is 0 Å². The first-order valence-electron chi connectivity index (χ1n) is 8.78. The first kappa shape index (κ1) is 16.4. The monoisotopic (exact) mass is 288 g/mol. The van der Waals surface area contributed by atoms with Gasteiger partial charge in [0.1, 0.15) is 0 Å². The molecule has 0 spiro atoms. The quantitative estimate of drug-likeness (QED) is 0.738. The Hall–Kier alpha value is -1.02. The third kappa shape index (κ3) is 4.00. The molecule has 0 aromatic heterocycles. The lowest BCUT2D eigenvalue weighted by atomic mass is 9.74. The molecule has 0 atom stereocenters. The molecule has 2 heteroatoms. The fourth-order valence-electron chi connectivity index (χ4n) is 3.55. The van der Waals surface area contributed by atoms with E-state index >= 15 is 0 Å². The zero-order chi connectivity index (χ0) is 15.1. The van der Waals surface area contributed by atoms with E-state index in [1.165, 1.54) is 56.4 Å². The molecular formula is C19H32N2. The maximum atomic E-state index is 3.54. The largest absolute Gasteiger partial charge is 0.371 e. The maximum Gasteiger partial charge on any atom is 0.0411 e. The van der Waals surface area contributed by atoms with Crippen molar-refractivity contribution in [2.75, 3.05) is 24.5 Å². The van der Waals surface area contributed by atoms with E-state index in [-0.39, 0.29) is 0 Å². The lowest BCUT2D eigenvalue weighted by Crippen LogP contribution is -2.40. The molecule has 118 valence electrons. The van der Waals surface area contributed by atoms with Crippen LogP contribution in [0.3, 0.4) is 0 Å². The van der Waals surface area contributed by atoms with Crippen molar-refractivity contribution in [2.45, 2.75) is 59.4 Å². The number of nitrogens with one attached hydrogen (secondary N) is 1. The minimum absolute atomic E-state index is 0.603. The Bertz CT molecular complexity index is 413. The molecule has 1 saturated heterocycles. The number of nitrogens with zero attached hydrogens (tertiary/aromatic N) is 1. The number of anilines is 1. The molecule has 0 aliphatic carbocycles. The number of rotatable bonds is 7. The second kappa shape index (κ2) is 7.84. The lowest BCUT2D eigenvalue weighted by Gasteiger charge is -2.42. The van der Waals surface area contributed by atoms with Crippen LogP contribution in [0.2, 0.25) is 0 Å². The van der Waals surface area contributed by atoms with Crippen molar-refractivity contribution >= 4 is 5.69 Å². The number of piperidine rings is 1. The molecule has 0 amide bonds. The summed E-state index contributed by atoms with van der Waals surface area (Å²) < 4.78 is 0. The predicted octanol–water partition coefficient (Wildman–Crippen LogP) is 4.59. The first-order chi connectivity index (χ1) is 10.2. The van der Waals surface area contributed by atoms with Crippen molar-refractivity contribution < 1.29 is 0 Å². The molecule has 1 fully saturated rings. The highest BCUT2D eigenvalue weighted by Crippen LogP contribution is 2.39. The van der Waals surface area contributed by atoms with Gasteiger partial charge in [-0.05, 0) is 42.9 Å². The summed E-state index contributed by atoms with van der Waals surface area (Å²) in [6.07, 6.45) is 6.54. The topological polar surface area (TPSA) is 15.3 Å². The molecule has 1 aliphatic rings. The van der Waals surface area contributed by atoms with Crippen LogP contribution in [0, 0.1) is 5.41 Å². The summed E-state index contributed by atoms with van der Waals surface area (Å²) in [6.45, 7) is 11.5. The first-order valence-corrected chi connectivity index (χ1v) is 8.78. The van der Waals surface area contributed by atoms with Gasteiger partial charge in [0.2, 0.25) is 0 Å². The molecule has 0 saturated carbocycles. The van der Waals surface area contributed by atoms with E-state index in [0.717, 1.165) is 13.1 Å². The van der Waals surface area contributed by atoms with Crippen LogP contribution in [-0.4, -0.2) is 19.6 Å². The van der Waals surface area contributed by atoms with Crippen molar-refractivity contribution in [3.8, 4) is 0 Å². The highest BCUT2D eigenvalue weighted by atomic mass is 15.1. The number of hydrogen-bond acceptors (Lipinski definition) is 2. The van der Waals surface area contributed by atoms with E-state index in [1.54, 1.807) is 0 Å². The number of para-hydroxylation sites is 1. The van der Waals surface area contributed by atoms with E-state index in [4.69, 9.17) is 0 Å². The van der Waals surface area contributed by atoms with Gasteiger partial charge in [0.25, 0.3) is 0 Å². The van der Waals surface area contributed by atoms with Crippen molar-refractivity contribution in [3.05, 3.63) is 29.8 Å². The van der Waals surface area contributed by atoms with Crippen LogP contribution < -0.4 is 10.2 Å². The smallest absolute Gasteiger partial charge is 0.0411 e. The molecule has 0 unspecified atom stereocenters. The van der Waals surface area contributed by atoms with Crippen LogP contribution in [-0.2, 0) is 6.54 Å². The van der Waals surface area contributed by atoms with Crippen molar-refractivity contribution in [2.24, 2.45) is 5.41 Å². The summed E-state index contributed by atoms with van der Waals surface area (Å²) in [6, 6.07) is 8.92. The Balaban J connectivity index is 2.02. The van der Waals surface area contributed by atoms with Gasteiger partial charge in [-0.1, -0.05) is 51.8 Å². The van der Waals surface area contributed by atoms with Gasteiger partial charge < -0.3 is 10.2 Å². The van der Waals surface area contributed by atoms with Gasteiger partial charge in [-0.25, -0.2) is 0 Å². The number of hydrogen-bond donors (Lipinski definition) is 1. The van der Waals surface area contributed by atoms with Gasteiger partial charge in [-0.2, -0.15) is 0 Å². The highest BCUT2D eigenvalue weighted by Gasteiger charge is 2.31. The van der Waals surface area contributed by atoms with Gasteiger partial charge in [0.05, 0.1) is 0 Å². The minimum Gasteiger partial charge on any atom is -0.371 e. The summed E-state index contributed by atoms with van der Waals surface area (Å²) in [5, 5.41) is 3.54. The van der Waals surface area contributed by atoms with Gasteiger partial charge in [0, 0.05) is 25.3 Å². The van der Waals surface area contributed by atoms with Gasteiger partial charge in [-0.3, -0.25) is 0 Å². The van der Waals surface area contributed by atoms with Crippen molar-refractivity contribution in [1.82, 2.24) is 5.32 Å². The Morgan fingerprint density at radius 2 is 1.71 bits per heavy atom. The summed E-state index contributed by atoms with van der Waals surface area (Å²) >= 11 is 0. The van der Waals surface area contributed by atoms with Crippen molar-refractivity contribution in [3.63, 3.8) is 0 Å². The van der Waals surface area contributed by atoms with E-state index in [2.05, 4.69) is 55.3 Å². The van der Waals surface area contributed by atoms with Gasteiger partial charge in [0.15, 0.2) is 0 Å². The average molecular weight is 288 g/mol. The third-order valence-corrected chi connectivity index (χ3v) is 5.40. The maximum absolute atomic E-state index is 3.54. The van der Waals surface area contributed by atoms with Crippen LogP contribution in [0.25, 0.3) is 0 Å². The summed E-state index contributed by atoms with van der Waals surface area (Å²) in [5.41, 5.74) is 3.50. The molecule has 1 aromatic carbocycles. The molecule has 21 heavy (non-hydrogen) atoms. The third-order valence-electron chi connectivity index (χ3n) is 5.40. The minimum atomic E-state index is 0.603. The molecule has 0 bridgehead atoms. The predicted molar refractivity (Wildman–Crippen MR) is 92.9 cm³/mol. The zero-order valence-corrected chi connectivity index (χ0v) is 14.1. The van der Waals surface area contributed by atoms with Gasteiger partial charge >= 0.3 is 0 Å². The Kier molecular flexibility index (Phi) is 6.10.